The fourth-order valence-corrected chi connectivity index (χ4v) is 1.78. The minimum absolute atomic E-state index is 0.468. The van der Waals surface area contributed by atoms with Gasteiger partial charge in [-0.3, -0.25) is 5.32 Å². The lowest BCUT2D eigenvalue weighted by molar-refractivity contribution is 0.0636. The molecule has 21 heavy (non-hydrogen) atoms. The molecule has 0 atom stereocenters. The Hall–Kier alpha value is -2.14. The second-order valence-electron chi connectivity index (χ2n) is 5.43. The van der Waals surface area contributed by atoms with Gasteiger partial charge in [0.2, 0.25) is 0 Å². The number of carbonyl (C=O) groups excluding carboxylic acids is 1. The lowest BCUT2D eigenvalue weighted by Gasteiger charge is -2.19. The molecule has 1 aromatic heterocycles. The summed E-state index contributed by atoms with van der Waals surface area (Å²) in [6.45, 7) is 5.39. The molecular weight excluding hydrogens is 290 g/mol. The van der Waals surface area contributed by atoms with Gasteiger partial charge in [-0.25, -0.2) is 14.8 Å². The highest BCUT2D eigenvalue weighted by atomic mass is 35.5. The van der Waals surface area contributed by atoms with Crippen LogP contribution in [0.15, 0.2) is 36.7 Å². The zero-order chi connectivity index (χ0) is 15.5. The van der Waals surface area contributed by atoms with Crippen molar-refractivity contribution in [2.45, 2.75) is 26.4 Å². The van der Waals surface area contributed by atoms with Crippen molar-refractivity contribution in [3.63, 3.8) is 0 Å². The van der Waals surface area contributed by atoms with Crippen LogP contribution in [0.25, 0.3) is 11.4 Å². The summed E-state index contributed by atoms with van der Waals surface area (Å²) in [6.07, 6.45) is 2.50. The molecule has 1 aromatic carbocycles. The fourth-order valence-electron chi connectivity index (χ4n) is 1.59. The Labute approximate surface area is 128 Å². The highest BCUT2D eigenvalue weighted by Gasteiger charge is 2.16. The number of ether oxygens (including phenoxy) is 1. The van der Waals surface area contributed by atoms with Crippen molar-refractivity contribution in [3.8, 4) is 11.4 Å². The summed E-state index contributed by atoms with van der Waals surface area (Å²) < 4.78 is 5.15. The molecule has 6 heteroatoms. The summed E-state index contributed by atoms with van der Waals surface area (Å²) in [5.74, 6) is 0.534. The number of carbonyl (C=O) groups is 1. The van der Waals surface area contributed by atoms with Crippen LogP contribution in [-0.2, 0) is 4.74 Å². The van der Waals surface area contributed by atoms with E-state index in [2.05, 4.69) is 15.3 Å². The normalized spacial score (nSPS) is 11.0. The molecule has 0 aliphatic carbocycles. The maximum atomic E-state index is 11.6. The number of aromatic nitrogens is 2. The zero-order valence-corrected chi connectivity index (χ0v) is 12.8. The van der Waals surface area contributed by atoms with Crippen LogP contribution in [0, 0.1) is 0 Å². The molecule has 1 N–H and O–H groups in total. The highest BCUT2D eigenvalue weighted by Crippen LogP contribution is 2.20. The third kappa shape index (κ3) is 4.72. The maximum Gasteiger partial charge on any atom is 0.412 e. The number of anilines is 1. The van der Waals surface area contributed by atoms with Crippen molar-refractivity contribution < 1.29 is 9.53 Å². The second-order valence-corrected chi connectivity index (χ2v) is 5.87. The molecule has 2 aromatic rings. The molecule has 1 heterocycles. The molecule has 0 aliphatic rings. The molecule has 0 saturated carbocycles. The quantitative estimate of drug-likeness (QED) is 0.905. The molecule has 5 nitrogen and oxygen atoms in total. The van der Waals surface area contributed by atoms with Gasteiger partial charge in [0, 0.05) is 10.6 Å². The molecule has 0 unspecified atom stereocenters. The van der Waals surface area contributed by atoms with Gasteiger partial charge in [-0.15, -0.1) is 0 Å². The Kier molecular flexibility index (Phi) is 4.43. The fraction of sp³-hybridized carbons (Fsp3) is 0.267. The van der Waals surface area contributed by atoms with Crippen LogP contribution in [0.5, 0.6) is 0 Å². The number of hydrogen-bond acceptors (Lipinski definition) is 4. The number of nitrogens with one attached hydrogen (secondary N) is 1. The van der Waals surface area contributed by atoms with Gasteiger partial charge in [-0.05, 0) is 32.9 Å². The van der Waals surface area contributed by atoms with Crippen molar-refractivity contribution in [2.75, 3.05) is 5.32 Å². The van der Waals surface area contributed by atoms with E-state index < -0.39 is 11.7 Å². The van der Waals surface area contributed by atoms with E-state index in [1.165, 1.54) is 12.4 Å². The summed E-state index contributed by atoms with van der Waals surface area (Å²) in [7, 11) is 0. The number of benzene rings is 1. The Balaban J connectivity index is 2.07. The van der Waals surface area contributed by atoms with E-state index in [-0.39, 0.29) is 0 Å². The Morgan fingerprint density at radius 2 is 1.90 bits per heavy atom. The molecule has 0 fully saturated rings. The van der Waals surface area contributed by atoms with E-state index in [1.807, 2.05) is 12.1 Å². The summed E-state index contributed by atoms with van der Waals surface area (Å²) in [5, 5.41) is 3.19. The molecule has 0 radical (unpaired) electrons. The van der Waals surface area contributed by atoms with Crippen LogP contribution < -0.4 is 5.32 Å². The standard InChI is InChI=1S/C15H16ClN3O2/c1-15(2,3)21-14(20)19-12-8-17-13(18-9-12)10-5-4-6-11(16)7-10/h4-9H,1-3H3,(H,19,20). The summed E-state index contributed by atoms with van der Waals surface area (Å²) in [6, 6.07) is 7.25. The van der Waals surface area contributed by atoms with Gasteiger partial charge >= 0.3 is 6.09 Å². The summed E-state index contributed by atoms with van der Waals surface area (Å²) in [4.78, 5) is 20.0. The average molecular weight is 306 g/mol. The minimum Gasteiger partial charge on any atom is -0.444 e. The van der Waals surface area contributed by atoms with Crippen molar-refractivity contribution in [1.29, 1.82) is 0 Å². The van der Waals surface area contributed by atoms with Crippen molar-refractivity contribution in [3.05, 3.63) is 41.7 Å². The molecule has 1 amide bonds. The molecule has 0 bridgehead atoms. The van der Waals surface area contributed by atoms with E-state index >= 15 is 0 Å². The van der Waals surface area contributed by atoms with Crippen molar-refractivity contribution in [2.24, 2.45) is 0 Å². The first kappa shape index (κ1) is 15.3. The zero-order valence-electron chi connectivity index (χ0n) is 12.1. The Morgan fingerprint density at radius 1 is 1.24 bits per heavy atom. The largest absolute Gasteiger partial charge is 0.444 e. The third-order valence-electron chi connectivity index (χ3n) is 2.38. The highest BCUT2D eigenvalue weighted by molar-refractivity contribution is 6.30. The monoisotopic (exact) mass is 305 g/mol. The molecule has 2 rings (SSSR count). The topological polar surface area (TPSA) is 64.1 Å². The lowest BCUT2D eigenvalue weighted by Crippen LogP contribution is -2.27. The van der Waals surface area contributed by atoms with Crippen LogP contribution in [-0.4, -0.2) is 21.7 Å². The van der Waals surface area contributed by atoms with E-state index in [4.69, 9.17) is 16.3 Å². The predicted octanol–water partition coefficient (Wildman–Crippen LogP) is 4.14. The number of rotatable bonds is 2. The van der Waals surface area contributed by atoms with Gasteiger partial charge in [-0.2, -0.15) is 0 Å². The molecule has 110 valence electrons. The Morgan fingerprint density at radius 3 is 2.48 bits per heavy atom. The summed E-state index contributed by atoms with van der Waals surface area (Å²) >= 11 is 5.93. The minimum atomic E-state index is -0.550. The second kappa shape index (κ2) is 6.10. The smallest absolute Gasteiger partial charge is 0.412 e. The first-order valence-electron chi connectivity index (χ1n) is 6.41. The SMILES string of the molecule is CC(C)(C)OC(=O)Nc1cnc(-c2cccc(Cl)c2)nc1. The van der Waals surface area contributed by atoms with Gasteiger partial charge in [0.25, 0.3) is 0 Å². The van der Waals surface area contributed by atoms with Crippen LogP contribution in [0.2, 0.25) is 5.02 Å². The van der Waals surface area contributed by atoms with E-state index in [9.17, 15) is 4.79 Å². The predicted molar refractivity (Wildman–Crippen MR) is 82.3 cm³/mol. The maximum absolute atomic E-state index is 11.6. The van der Waals surface area contributed by atoms with Gasteiger partial charge in [0.1, 0.15) is 5.60 Å². The summed E-state index contributed by atoms with van der Waals surface area (Å²) in [5.41, 5.74) is 0.729. The lowest BCUT2D eigenvalue weighted by atomic mass is 10.2. The van der Waals surface area contributed by atoms with Gasteiger partial charge in [0.15, 0.2) is 5.82 Å². The number of hydrogen-bond donors (Lipinski definition) is 1. The van der Waals surface area contributed by atoms with Gasteiger partial charge in [-0.1, -0.05) is 23.7 Å². The van der Waals surface area contributed by atoms with Crippen LogP contribution in [0.1, 0.15) is 20.8 Å². The molecule has 0 spiro atoms. The van der Waals surface area contributed by atoms with Gasteiger partial charge in [0.05, 0.1) is 18.1 Å². The van der Waals surface area contributed by atoms with E-state index in [0.717, 1.165) is 5.56 Å². The molecule has 0 aliphatic heterocycles. The van der Waals surface area contributed by atoms with Crippen LogP contribution in [0.3, 0.4) is 0 Å². The third-order valence-corrected chi connectivity index (χ3v) is 2.62. The number of nitrogens with zero attached hydrogens (tertiary/aromatic N) is 2. The van der Waals surface area contributed by atoms with Crippen molar-refractivity contribution in [1.82, 2.24) is 9.97 Å². The van der Waals surface area contributed by atoms with E-state index in [0.29, 0.717) is 16.5 Å². The first-order valence-corrected chi connectivity index (χ1v) is 6.79. The van der Waals surface area contributed by atoms with Crippen molar-refractivity contribution >= 4 is 23.4 Å². The Bertz CT molecular complexity index is 636. The molecule has 0 saturated heterocycles. The average Bonchev–Trinajstić information content (AvgIpc) is 2.37. The van der Waals surface area contributed by atoms with Crippen LogP contribution >= 0.6 is 11.6 Å². The van der Waals surface area contributed by atoms with Gasteiger partial charge < -0.3 is 4.74 Å². The van der Waals surface area contributed by atoms with Crippen LogP contribution in [0.4, 0.5) is 10.5 Å². The molecular formula is C15H16ClN3O2. The van der Waals surface area contributed by atoms with E-state index in [1.54, 1.807) is 32.9 Å². The first-order chi connectivity index (χ1) is 9.83. The number of halogens is 1. The number of amides is 1.